The van der Waals surface area contributed by atoms with Crippen LogP contribution in [0.25, 0.3) is 0 Å². The van der Waals surface area contributed by atoms with Crippen LogP contribution in [0.1, 0.15) is 25.7 Å². The molecule has 4 heteroatoms. The lowest BCUT2D eigenvalue weighted by atomic mass is 10.1. The molecule has 1 heterocycles. The Morgan fingerprint density at radius 2 is 2.33 bits per heavy atom. The molecule has 0 spiro atoms. The molecule has 1 rings (SSSR count). The second kappa shape index (κ2) is 7.07. The van der Waals surface area contributed by atoms with E-state index in [1.807, 2.05) is 0 Å². The number of hydrogen-bond acceptors (Lipinski definition) is 2. The summed E-state index contributed by atoms with van der Waals surface area (Å²) >= 11 is 5.54. The fraction of sp³-hybridized carbons (Fsp3) is 0.909. The first-order valence-corrected chi connectivity index (χ1v) is 6.27. The minimum Gasteiger partial charge on any atom is -0.356 e. The molecular formula is C11H21ClN2O. The van der Waals surface area contributed by atoms with Crippen molar-refractivity contribution in [1.82, 2.24) is 10.2 Å². The van der Waals surface area contributed by atoms with Crippen molar-refractivity contribution in [2.24, 2.45) is 5.92 Å². The van der Waals surface area contributed by atoms with Crippen LogP contribution in [0.15, 0.2) is 0 Å². The Bertz CT molecular complexity index is 199. The van der Waals surface area contributed by atoms with Crippen LogP contribution in [-0.2, 0) is 4.79 Å². The molecule has 1 atom stereocenters. The molecule has 88 valence electrons. The van der Waals surface area contributed by atoms with E-state index in [9.17, 15) is 4.79 Å². The van der Waals surface area contributed by atoms with Crippen LogP contribution in [0.4, 0.5) is 0 Å². The van der Waals surface area contributed by atoms with Crippen molar-refractivity contribution in [2.45, 2.75) is 25.7 Å². The molecule has 0 aromatic rings. The van der Waals surface area contributed by atoms with Crippen molar-refractivity contribution >= 4 is 17.5 Å². The van der Waals surface area contributed by atoms with E-state index in [0.717, 1.165) is 32.5 Å². The van der Waals surface area contributed by atoms with Gasteiger partial charge in [-0.3, -0.25) is 4.79 Å². The molecule has 15 heavy (non-hydrogen) atoms. The summed E-state index contributed by atoms with van der Waals surface area (Å²) in [5.41, 5.74) is 0. The molecule has 1 fully saturated rings. The maximum atomic E-state index is 11.4. The number of amides is 1. The fourth-order valence-electron chi connectivity index (χ4n) is 1.92. The Hall–Kier alpha value is -0.280. The van der Waals surface area contributed by atoms with E-state index in [1.54, 1.807) is 0 Å². The molecule has 1 saturated heterocycles. The van der Waals surface area contributed by atoms with Crippen LogP contribution in [0.5, 0.6) is 0 Å². The van der Waals surface area contributed by atoms with E-state index < -0.39 is 0 Å². The lowest BCUT2D eigenvalue weighted by molar-refractivity contribution is -0.121. The number of likely N-dealkylation sites (tertiary alicyclic amines) is 1. The van der Waals surface area contributed by atoms with Crippen LogP contribution < -0.4 is 5.32 Å². The number of hydrogen-bond donors (Lipinski definition) is 1. The number of halogens is 1. The third-order valence-corrected chi connectivity index (χ3v) is 3.13. The average molecular weight is 233 g/mol. The number of nitrogens with one attached hydrogen (secondary N) is 1. The van der Waals surface area contributed by atoms with E-state index >= 15 is 0 Å². The van der Waals surface area contributed by atoms with Crippen LogP contribution in [0, 0.1) is 5.92 Å². The van der Waals surface area contributed by atoms with Gasteiger partial charge < -0.3 is 10.2 Å². The molecule has 1 N–H and O–H groups in total. The number of nitrogens with zero attached hydrogens (tertiary/aromatic N) is 1. The highest BCUT2D eigenvalue weighted by molar-refractivity contribution is 6.17. The van der Waals surface area contributed by atoms with Gasteiger partial charge in [0, 0.05) is 25.4 Å². The average Bonchev–Trinajstić information content (AvgIpc) is 2.62. The quantitative estimate of drug-likeness (QED) is 0.556. The van der Waals surface area contributed by atoms with Gasteiger partial charge >= 0.3 is 0 Å². The Kier molecular flexibility index (Phi) is 6.03. The van der Waals surface area contributed by atoms with Gasteiger partial charge in [0.25, 0.3) is 0 Å². The van der Waals surface area contributed by atoms with Gasteiger partial charge in [-0.05, 0) is 38.8 Å². The van der Waals surface area contributed by atoms with Gasteiger partial charge in [0.15, 0.2) is 0 Å². The van der Waals surface area contributed by atoms with Gasteiger partial charge in [0.1, 0.15) is 0 Å². The molecule has 0 aliphatic carbocycles. The van der Waals surface area contributed by atoms with E-state index in [0.29, 0.717) is 18.2 Å². The van der Waals surface area contributed by atoms with Crippen LogP contribution in [0.2, 0.25) is 0 Å². The predicted octanol–water partition coefficient (Wildman–Crippen LogP) is 1.46. The van der Waals surface area contributed by atoms with E-state index in [-0.39, 0.29) is 5.91 Å². The highest BCUT2D eigenvalue weighted by atomic mass is 35.5. The number of carbonyl (C=O) groups is 1. The molecule has 1 unspecified atom stereocenters. The van der Waals surface area contributed by atoms with Crippen molar-refractivity contribution in [3.63, 3.8) is 0 Å². The molecule has 1 amide bonds. The normalized spacial score (nSPS) is 21.9. The Labute approximate surface area is 97.2 Å². The zero-order valence-corrected chi connectivity index (χ0v) is 10.2. The maximum absolute atomic E-state index is 11.4. The topological polar surface area (TPSA) is 32.3 Å². The summed E-state index contributed by atoms with van der Waals surface area (Å²) in [6.07, 6.45) is 3.66. The lowest BCUT2D eigenvalue weighted by Crippen LogP contribution is -2.30. The van der Waals surface area contributed by atoms with Crippen LogP contribution in [0.3, 0.4) is 0 Å². The molecular weight excluding hydrogens is 212 g/mol. The first-order chi connectivity index (χ1) is 7.22. The molecule has 0 radical (unpaired) electrons. The summed E-state index contributed by atoms with van der Waals surface area (Å²) < 4.78 is 0. The third-order valence-electron chi connectivity index (χ3n) is 2.86. The zero-order chi connectivity index (χ0) is 11.1. The highest BCUT2D eigenvalue weighted by Crippen LogP contribution is 2.12. The lowest BCUT2D eigenvalue weighted by Gasteiger charge is -2.11. The third kappa shape index (κ3) is 5.38. The first-order valence-electron chi connectivity index (χ1n) is 5.73. The van der Waals surface area contributed by atoms with Crippen LogP contribution >= 0.6 is 11.6 Å². The Morgan fingerprint density at radius 1 is 1.53 bits per heavy atom. The Morgan fingerprint density at radius 3 is 2.93 bits per heavy atom. The highest BCUT2D eigenvalue weighted by Gasteiger charge is 2.19. The molecule has 0 aromatic heterocycles. The van der Waals surface area contributed by atoms with Crippen molar-refractivity contribution in [3.05, 3.63) is 0 Å². The number of alkyl halides is 1. The zero-order valence-electron chi connectivity index (χ0n) is 9.47. The second-order valence-electron chi connectivity index (χ2n) is 4.37. The largest absolute Gasteiger partial charge is 0.356 e. The minimum atomic E-state index is 0.176. The summed E-state index contributed by atoms with van der Waals surface area (Å²) in [6, 6.07) is 0. The SMILES string of the molecule is CN1CCC(CNC(=O)CCCCCl)C1. The van der Waals surface area contributed by atoms with Crippen molar-refractivity contribution < 1.29 is 4.79 Å². The smallest absolute Gasteiger partial charge is 0.220 e. The van der Waals surface area contributed by atoms with E-state index in [4.69, 9.17) is 11.6 Å². The summed E-state index contributed by atoms with van der Waals surface area (Å²) in [5.74, 6) is 1.47. The summed E-state index contributed by atoms with van der Waals surface area (Å²) in [7, 11) is 2.13. The standard InChI is InChI=1S/C11H21ClN2O/c1-14-7-5-10(9-14)8-13-11(15)4-2-3-6-12/h10H,2-9H2,1H3,(H,13,15). The number of unbranched alkanes of at least 4 members (excludes halogenated alkanes) is 1. The number of carbonyl (C=O) groups excluding carboxylic acids is 1. The molecule has 0 bridgehead atoms. The summed E-state index contributed by atoms with van der Waals surface area (Å²) in [6.45, 7) is 3.11. The second-order valence-corrected chi connectivity index (χ2v) is 4.75. The molecule has 3 nitrogen and oxygen atoms in total. The van der Waals surface area contributed by atoms with Gasteiger partial charge in [0.05, 0.1) is 0 Å². The molecule has 0 aromatic carbocycles. The summed E-state index contributed by atoms with van der Waals surface area (Å²) in [5, 5.41) is 3.00. The maximum Gasteiger partial charge on any atom is 0.220 e. The van der Waals surface area contributed by atoms with Gasteiger partial charge in [-0.25, -0.2) is 0 Å². The minimum absolute atomic E-state index is 0.176. The molecule has 0 saturated carbocycles. The summed E-state index contributed by atoms with van der Waals surface area (Å²) in [4.78, 5) is 13.7. The van der Waals surface area contributed by atoms with Gasteiger partial charge in [0.2, 0.25) is 5.91 Å². The van der Waals surface area contributed by atoms with Gasteiger partial charge in [-0.1, -0.05) is 0 Å². The van der Waals surface area contributed by atoms with E-state index in [2.05, 4.69) is 17.3 Å². The Balaban J connectivity index is 2.01. The van der Waals surface area contributed by atoms with E-state index in [1.165, 1.54) is 6.42 Å². The monoisotopic (exact) mass is 232 g/mol. The number of rotatable bonds is 6. The van der Waals surface area contributed by atoms with Crippen molar-refractivity contribution in [3.8, 4) is 0 Å². The van der Waals surface area contributed by atoms with Crippen molar-refractivity contribution in [1.29, 1.82) is 0 Å². The van der Waals surface area contributed by atoms with Gasteiger partial charge in [-0.15, -0.1) is 11.6 Å². The van der Waals surface area contributed by atoms with Gasteiger partial charge in [-0.2, -0.15) is 0 Å². The van der Waals surface area contributed by atoms with Crippen LogP contribution in [-0.4, -0.2) is 43.4 Å². The molecule has 1 aliphatic heterocycles. The fourth-order valence-corrected chi connectivity index (χ4v) is 2.11. The molecule has 1 aliphatic rings. The predicted molar refractivity (Wildman–Crippen MR) is 63.2 cm³/mol. The first kappa shape index (κ1) is 12.8. The van der Waals surface area contributed by atoms with Crippen molar-refractivity contribution in [2.75, 3.05) is 32.6 Å².